The van der Waals surface area contributed by atoms with Crippen molar-refractivity contribution < 1.29 is 31.9 Å². The number of sulfonamides is 1. The smallest absolute Gasteiger partial charge is 0.407 e. The van der Waals surface area contributed by atoms with Crippen LogP contribution < -0.4 is 16.0 Å². The lowest BCUT2D eigenvalue weighted by Gasteiger charge is -2.40. The number of carbonyl (C=O) groups excluding carboxylic acids is 2. The minimum atomic E-state index is -3.83. The summed E-state index contributed by atoms with van der Waals surface area (Å²) in [7, 11) is -2.62. The zero-order chi connectivity index (χ0) is 34.3. The van der Waals surface area contributed by atoms with Gasteiger partial charge in [0.15, 0.2) is 0 Å². The number of amides is 2. The van der Waals surface area contributed by atoms with Gasteiger partial charge in [-0.1, -0.05) is 41.9 Å². The first kappa shape index (κ1) is 35.7. The minimum absolute atomic E-state index is 0.0312. The third-order valence-electron chi connectivity index (χ3n) is 9.05. The first-order valence-corrected chi connectivity index (χ1v) is 17.8. The summed E-state index contributed by atoms with van der Waals surface area (Å²) in [4.78, 5) is 30.9. The van der Waals surface area contributed by atoms with E-state index in [-0.39, 0.29) is 40.9 Å². The summed E-state index contributed by atoms with van der Waals surface area (Å²) >= 11 is 6.18. The van der Waals surface area contributed by atoms with Crippen LogP contribution in [0.15, 0.2) is 71.9 Å². The lowest BCUT2D eigenvalue weighted by Crippen LogP contribution is -2.58. The van der Waals surface area contributed by atoms with Crippen LogP contribution in [-0.2, 0) is 30.7 Å². The van der Waals surface area contributed by atoms with Crippen LogP contribution in [0.25, 0.3) is 0 Å². The fourth-order valence-electron chi connectivity index (χ4n) is 6.72. The summed E-state index contributed by atoms with van der Waals surface area (Å²) < 4.78 is 54.9. The van der Waals surface area contributed by atoms with Gasteiger partial charge in [-0.15, -0.1) is 0 Å². The summed E-state index contributed by atoms with van der Waals surface area (Å²) in [6.07, 6.45) is 3.32. The van der Waals surface area contributed by atoms with Crippen LogP contribution in [-0.4, -0.2) is 81.2 Å². The Labute approximate surface area is 285 Å². The normalized spacial score (nSPS) is 20.4. The summed E-state index contributed by atoms with van der Waals surface area (Å²) in [5.74, 6) is -1.74. The van der Waals surface area contributed by atoms with Gasteiger partial charge >= 0.3 is 6.09 Å². The van der Waals surface area contributed by atoms with Crippen LogP contribution in [0, 0.1) is 11.7 Å². The van der Waals surface area contributed by atoms with Gasteiger partial charge in [0.2, 0.25) is 15.9 Å². The van der Waals surface area contributed by atoms with Gasteiger partial charge in [-0.05, 0) is 68.4 Å². The summed E-state index contributed by atoms with van der Waals surface area (Å²) in [6, 6.07) is 13.4. The second-order valence-electron chi connectivity index (χ2n) is 12.1. The van der Waals surface area contributed by atoms with Crippen LogP contribution in [0.4, 0.5) is 14.9 Å². The lowest BCUT2D eigenvalue weighted by atomic mass is 9.76. The van der Waals surface area contributed by atoms with Crippen molar-refractivity contribution in [3.05, 3.63) is 89.0 Å². The van der Waals surface area contributed by atoms with E-state index in [1.165, 1.54) is 17.6 Å². The lowest BCUT2D eigenvalue weighted by molar-refractivity contribution is -0.119. The van der Waals surface area contributed by atoms with Gasteiger partial charge in [0.25, 0.3) is 0 Å². The molecule has 0 unspecified atom stereocenters. The molecule has 3 heterocycles. The molecule has 0 aliphatic carbocycles. The molecule has 2 aliphatic rings. The molecule has 3 N–H and O–H groups in total. The second kappa shape index (κ2) is 16.2. The third-order valence-corrected chi connectivity index (χ3v) is 11.4. The molecule has 48 heavy (non-hydrogen) atoms. The first-order chi connectivity index (χ1) is 23.1. The van der Waals surface area contributed by atoms with E-state index in [4.69, 9.17) is 21.1 Å². The van der Waals surface area contributed by atoms with Crippen LogP contribution in [0.1, 0.15) is 43.2 Å². The largest absolute Gasteiger partial charge is 0.453 e. The molecule has 3 aromatic rings. The molecule has 2 aromatic carbocycles. The molecule has 1 aromatic heterocycles. The van der Waals surface area contributed by atoms with Gasteiger partial charge in [-0.25, -0.2) is 17.6 Å². The second-order valence-corrected chi connectivity index (χ2v) is 14.4. The van der Waals surface area contributed by atoms with Crippen LogP contribution in [0.3, 0.4) is 0 Å². The van der Waals surface area contributed by atoms with Gasteiger partial charge in [-0.2, -0.15) is 4.31 Å². The van der Waals surface area contributed by atoms with E-state index in [1.807, 2.05) is 19.1 Å². The molecular weight excluding hydrogens is 661 g/mol. The Kier molecular flexibility index (Phi) is 12.0. The van der Waals surface area contributed by atoms with Gasteiger partial charge in [0.1, 0.15) is 11.9 Å². The molecule has 0 saturated carbocycles. The number of benzene rings is 2. The maximum atomic E-state index is 15.5. The van der Waals surface area contributed by atoms with E-state index in [0.717, 1.165) is 11.8 Å². The zero-order valence-corrected chi connectivity index (χ0v) is 28.5. The molecule has 4 atom stereocenters. The Balaban J connectivity index is 1.42. The molecule has 0 spiro atoms. The molecule has 2 amide bonds. The number of anilines is 1. The molecule has 11 nitrogen and oxygen atoms in total. The maximum Gasteiger partial charge on any atom is 0.407 e. The number of alkyl carbamates (subject to hydrolysis) is 1. The molecule has 0 radical (unpaired) electrons. The molecule has 2 fully saturated rings. The van der Waals surface area contributed by atoms with Gasteiger partial charge in [0, 0.05) is 54.9 Å². The number of rotatable bonds is 11. The number of hydrogen-bond acceptors (Lipinski definition) is 8. The number of carbonyl (C=O) groups is 2. The average Bonchev–Trinajstić information content (AvgIpc) is 3.09. The van der Waals surface area contributed by atoms with Gasteiger partial charge in [0.05, 0.1) is 30.1 Å². The number of ether oxygens (including phenoxy) is 2. The molecule has 258 valence electrons. The highest BCUT2D eigenvalue weighted by Gasteiger charge is 2.40. The van der Waals surface area contributed by atoms with E-state index in [2.05, 4.69) is 20.9 Å². The highest BCUT2D eigenvalue weighted by molar-refractivity contribution is 7.89. The number of hydrogen-bond donors (Lipinski definition) is 3. The van der Waals surface area contributed by atoms with Crippen molar-refractivity contribution >= 4 is 39.3 Å². The van der Waals surface area contributed by atoms with Crippen molar-refractivity contribution in [1.29, 1.82) is 0 Å². The predicted octanol–water partition coefficient (Wildman–Crippen LogP) is 4.73. The fourth-order valence-corrected chi connectivity index (χ4v) is 8.71. The van der Waals surface area contributed by atoms with Crippen LogP contribution >= 0.6 is 11.6 Å². The quantitative estimate of drug-likeness (QED) is 0.261. The van der Waals surface area contributed by atoms with Gasteiger partial charge in [-0.3, -0.25) is 9.78 Å². The molecular formula is C34H41ClFN5O6S. The first-order valence-electron chi connectivity index (χ1n) is 16.0. The Morgan fingerprint density at radius 2 is 1.81 bits per heavy atom. The Bertz CT molecular complexity index is 1660. The maximum absolute atomic E-state index is 15.5. The number of pyridine rings is 1. The number of nitrogens with zero attached hydrogens (tertiary/aromatic N) is 2. The Hall–Kier alpha value is -3.62. The number of methoxy groups -OCH3 is 1. The van der Waals surface area contributed by atoms with Gasteiger partial charge < -0.3 is 25.4 Å². The standard InChI is InChI=1S/C34H41ClFN5O6S/c1-22-18-37-19-26(41(22)48(44,45)27-6-4-3-5-7-27)12-13-28-29(36)20-38-21-30(28)39-33(42)32(40-34(43)46-2)31(24-14-16-47-17-15-24)23-8-10-25(35)11-9-23/h3-11,20-22,24,26,31-32,37H,12-19H2,1-2H3,(H,39,42)(H,40,43)/t22-,26+,31+,32+/m1/s1. The van der Waals surface area contributed by atoms with Crippen molar-refractivity contribution in [1.82, 2.24) is 19.9 Å². The zero-order valence-electron chi connectivity index (χ0n) is 26.9. The van der Waals surface area contributed by atoms with E-state index in [1.54, 1.807) is 42.5 Å². The number of nitrogens with one attached hydrogen (secondary N) is 3. The van der Waals surface area contributed by atoms with Crippen LogP contribution in [0.2, 0.25) is 5.02 Å². The van der Waals surface area contributed by atoms with Crippen molar-refractivity contribution in [3.8, 4) is 0 Å². The third kappa shape index (κ3) is 8.32. The predicted molar refractivity (Wildman–Crippen MR) is 180 cm³/mol. The topological polar surface area (TPSA) is 139 Å². The summed E-state index contributed by atoms with van der Waals surface area (Å²) in [5.41, 5.74) is 1.10. The highest BCUT2D eigenvalue weighted by atomic mass is 35.5. The molecule has 5 rings (SSSR count). The Morgan fingerprint density at radius 3 is 2.50 bits per heavy atom. The average molecular weight is 702 g/mol. The number of halogens is 2. The van der Waals surface area contributed by atoms with Crippen molar-refractivity contribution in [2.75, 3.05) is 38.7 Å². The van der Waals surface area contributed by atoms with Crippen molar-refractivity contribution in [2.45, 2.75) is 61.5 Å². The number of aromatic nitrogens is 1. The summed E-state index contributed by atoms with van der Waals surface area (Å²) in [5, 5.41) is 9.36. The monoisotopic (exact) mass is 701 g/mol. The Morgan fingerprint density at radius 1 is 1.10 bits per heavy atom. The van der Waals surface area contributed by atoms with E-state index >= 15 is 4.39 Å². The SMILES string of the molecule is COC(=O)N[C@H](C(=O)Nc1cncc(F)c1CC[C@H]1CNC[C@@H](C)N1S(=O)(=O)c1ccccc1)[C@@H](c1ccc(Cl)cc1)C1CCOCC1. The highest BCUT2D eigenvalue weighted by Crippen LogP contribution is 2.36. The van der Waals surface area contributed by atoms with E-state index in [9.17, 15) is 18.0 Å². The van der Waals surface area contributed by atoms with Crippen LogP contribution in [0.5, 0.6) is 0 Å². The molecule has 0 bridgehead atoms. The molecule has 14 heteroatoms. The summed E-state index contributed by atoms with van der Waals surface area (Å²) in [6.45, 7) is 3.70. The molecule has 2 saturated heterocycles. The van der Waals surface area contributed by atoms with E-state index < -0.39 is 45.8 Å². The van der Waals surface area contributed by atoms with E-state index in [0.29, 0.717) is 44.2 Å². The molecule has 2 aliphatic heterocycles. The fraction of sp³-hybridized carbons (Fsp3) is 0.441. The minimum Gasteiger partial charge on any atom is -0.453 e. The number of piperazine rings is 1. The van der Waals surface area contributed by atoms with Crippen molar-refractivity contribution in [2.24, 2.45) is 5.92 Å². The van der Waals surface area contributed by atoms with Crippen molar-refractivity contribution in [3.63, 3.8) is 0 Å².